The van der Waals surface area contributed by atoms with Gasteiger partial charge in [0.2, 0.25) is 0 Å². The van der Waals surface area contributed by atoms with Crippen molar-refractivity contribution in [1.82, 2.24) is 4.90 Å². The number of hydrogen-bond acceptors (Lipinski definition) is 2. The van der Waals surface area contributed by atoms with E-state index in [-0.39, 0.29) is 12.1 Å². The summed E-state index contributed by atoms with van der Waals surface area (Å²) in [5.74, 6) is 0. The second kappa shape index (κ2) is 4.46. The van der Waals surface area contributed by atoms with Gasteiger partial charge >= 0.3 is 6.03 Å². The van der Waals surface area contributed by atoms with E-state index in [1.807, 2.05) is 24.3 Å². The molecule has 2 heterocycles. The first-order chi connectivity index (χ1) is 8.75. The van der Waals surface area contributed by atoms with Gasteiger partial charge in [0.25, 0.3) is 0 Å². The van der Waals surface area contributed by atoms with Crippen molar-refractivity contribution in [2.24, 2.45) is 0 Å². The fourth-order valence-electron chi connectivity index (χ4n) is 2.48. The first-order valence-electron chi connectivity index (χ1n) is 6.24. The van der Waals surface area contributed by atoms with Gasteiger partial charge in [-0.05, 0) is 18.9 Å². The van der Waals surface area contributed by atoms with Gasteiger partial charge in [-0.1, -0.05) is 24.8 Å². The monoisotopic (exact) mass is 244 g/mol. The first kappa shape index (κ1) is 11.3. The zero-order valence-corrected chi connectivity index (χ0v) is 10.2. The van der Waals surface area contributed by atoms with Crippen molar-refractivity contribution in [3.63, 3.8) is 0 Å². The van der Waals surface area contributed by atoms with Crippen LogP contribution in [0.15, 0.2) is 30.8 Å². The van der Waals surface area contributed by atoms with E-state index in [9.17, 15) is 4.79 Å². The molecule has 94 valence electrons. The number of benzene rings is 1. The maximum atomic E-state index is 12.1. The van der Waals surface area contributed by atoms with Crippen molar-refractivity contribution in [1.29, 1.82) is 0 Å². The fourth-order valence-corrected chi connectivity index (χ4v) is 2.48. The predicted octanol–water partition coefficient (Wildman–Crippen LogP) is 2.68. The van der Waals surface area contributed by atoms with E-state index >= 15 is 0 Å². The standard InChI is InChI=1S/C14H16N2O2/c1-10-12-6-2-3-7-13(12)15-14(17)16(10)9-11-5-4-8-18-11/h2-3,6-7,11H,1,4-5,8-9H2,(H,15,17). The highest BCUT2D eigenvalue weighted by atomic mass is 16.5. The maximum absolute atomic E-state index is 12.1. The SMILES string of the molecule is C=C1c2ccccc2NC(=O)N1CC1CCCO1. The molecule has 4 nitrogen and oxygen atoms in total. The van der Waals surface area contributed by atoms with Crippen molar-refractivity contribution in [3.05, 3.63) is 36.4 Å². The number of urea groups is 1. The molecule has 0 radical (unpaired) electrons. The Bertz CT molecular complexity index is 492. The molecule has 0 aromatic heterocycles. The Morgan fingerprint density at radius 2 is 2.28 bits per heavy atom. The van der Waals surface area contributed by atoms with Crippen LogP contribution in [0.2, 0.25) is 0 Å². The van der Waals surface area contributed by atoms with Crippen molar-refractivity contribution < 1.29 is 9.53 Å². The number of anilines is 1. The lowest BCUT2D eigenvalue weighted by Crippen LogP contribution is -2.41. The van der Waals surface area contributed by atoms with Gasteiger partial charge in [-0.2, -0.15) is 0 Å². The average Bonchev–Trinajstić information content (AvgIpc) is 2.87. The van der Waals surface area contributed by atoms with E-state index in [1.165, 1.54) is 0 Å². The van der Waals surface area contributed by atoms with E-state index in [0.29, 0.717) is 6.54 Å². The summed E-state index contributed by atoms with van der Waals surface area (Å²) in [6.07, 6.45) is 2.22. The topological polar surface area (TPSA) is 41.6 Å². The van der Waals surface area contributed by atoms with Crippen LogP contribution in [0.5, 0.6) is 0 Å². The number of para-hydroxylation sites is 1. The summed E-state index contributed by atoms with van der Waals surface area (Å²) in [5, 5.41) is 2.88. The minimum absolute atomic E-state index is 0.116. The average molecular weight is 244 g/mol. The Hall–Kier alpha value is -1.81. The van der Waals surface area contributed by atoms with Gasteiger partial charge in [0, 0.05) is 17.9 Å². The Kier molecular flexibility index (Phi) is 2.80. The Morgan fingerprint density at radius 1 is 1.44 bits per heavy atom. The largest absolute Gasteiger partial charge is 0.376 e. The van der Waals surface area contributed by atoms with Gasteiger partial charge in [-0.3, -0.25) is 4.90 Å². The van der Waals surface area contributed by atoms with Crippen molar-refractivity contribution in [3.8, 4) is 0 Å². The summed E-state index contributed by atoms with van der Waals surface area (Å²) in [5.41, 5.74) is 2.57. The lowest BCUT2D eigenvalue weighted by atomic mass is 10.1. The van der Waals surface area contributed by atoms with Gasteiger partial charge < -0.3 is 10.1 Å². The van der Waals surface area contributed by atoms with E-state index in [1.54, 1.807) is 4.90 Å². The zero-order chi connectivity index (χ0) is 12.5. The highest BCUT2D eigenvalue weighted by Crippen LogP contribution is 2.31. The molecule has 1 unspecified atom stereocenters. The Morgan fingerprint density at radius 3 is 3.06 bits per heavy atom. The third-order valence-electron chi connectivity index (χ3n) is 3.46. The molecule has 18 heavy (non-hydrogen) atoms. The van der Waals surface area contributed by atoms with Crippen LogP contribution in [0.25, 0.3) is 5.70 Å². The van der Waals surface area contributed by atoms with Gasteiger partial charge in [0.1, 0.15) is 0 Å². The number of nitrogens with zero attached hydrogens (tertiary/aromatic N) is 1. The van der Waals surface area contributed by atoms with E-state index in [4.69, 9.17) is 4.74 Å². The molecule has 3 rings (SSSR count). The zero-order valence-electron chi connectivity index (χ0n) is 10.2. The number of ether oxygens (including phenoxy) is 1. The quantitative estimate of drug-likeness (QED) is 0.869. The van der Waals surface area contributed by atoms with E-state index in [0.717, 1.165) is 36.4 Å². The maximum Gasteiger partial charge on any atom is 0.326 e. The molecule has 0 saturated carbocycles. The van der Waals surface area contributed by atoms with Crippen LogP contribution in [0.1, 0.15) is 18.4 Å². The van der Waals surface area contributed by atoms with Crippen molar-refractivity contribution >= 4 is 17.4 Å². The molecule has 1 aromatic carbocycles. The predicted molar refractivity (Wildman–Crippen MR) is 70.2 cm³/mol. The number of carbonyl (C=O) groups is 1. The number of hydrogen-bond donors (Lipinski definition) is 1. The van der Waals surface area contributed by atoms with Crippen LogP contribution in [0.3, 0.4) is 0 Å². The van der Waals surface area contributed by atoms with Crippen LogP contribution in [0.4, 0.5) is 10.5 Å². The summed E-state index contributed by atoms with van der Waals surface area (Å²) in [7, 11) is 0. The summed E-state index contributed by atoms with van der Waals surface area (Å²) < 4.78 is 5.58. The molecule has 0 aliphatic carbocycles. The molecular weight excluding hydrogens is 228 g/mol. The second-order valence-electron chi connectivity index (χ2n) is 4.67. The highest BCUT2D eigenvalue weighted by molar-refractivity contribution is 6.02. The lowest BCUT2D eigenvalue weighted by Gasteiger charge is -2.32. The molecule has 4 heteroatoms. The second-order valence-corrected chi connectivity index (χ2v) is 4.67. The van der Waals surface area contributed by atoms with Crippen molar-refractivity contribution in [2.45, 2.75) is 18.9 Å². The Balaban J connectivity index is 1.83. The third-order valence-corrected chi connectivity index (χ3v) is 3.46. The van der Waals surface area contributed by atoms with Crippen LogP contribution >= 0.6 is 0 Å². The van der Waals surface area contributed by atoms with Crippen LogP contribution in [0, 0.1) is 0 Å². The molecule has 1 fully saturated rings. The van der Waals surface area contributed by atoms with Crippen LogP contribution < -0.4 is 5.32 Å². The van der Waals surface area contributed by atoms with Gasteiger partial charge in [-0.15, -0.1) is 0 Å². The van der Waals surface area contributed by atoms with Crippen molar-refractivity contribution in [2.75, 3.05) is 18.5 Å². The molecule has 2 aliphatic heterocycles. The smallest absolute Gasteiger partial charge is 0.326 e. The van der Waals surface area contributed by atoms with Crippen LogP contribution in [-0.2, 0) is 4.74 Å². The van der Waals surface area contributed by atoms with Gasteiger partial charge in [-0.25, -0.2) is 4.79 Å². The number of rotatable bonds is 2. The summed E-state index contributed by atoms with van der Waals surface area (Å²) in [6, 6.07) is 7.60. The normalized spacial score (nSPS) is 22.9. The molecule has 0 bridgehead atoms. The summed E-state index contributed by atoms with van der Waals surface area (Å²) >= 11 is 0. The van der Waals surface area contributed by atoms with Gasteiger partial charge in [0.05, 0.1) is 18.3 Å². The lowest BCUT2D eigenvalue weighted by molar-refractivity contribution is 0.0949. The summed E-state index contributed by atoms with van der Waals surface area (Å²) in [4.78, 5) is 13.7. The molecule has 0 spiro atoms. The molecule has 1 N–H and O–H groups in total. The molecular formula is C14H16N2O2. The number of amides is 2. The highest BCUT2D eigenvalue weighted by Gasteiger charge is 2.29. The number of carbonyl (C=O) groups excluding carboxylic acids is 1. The van der Waals surface area contributed by atoms with E-state index in [2.05, 4.69) is 11.9 Å². The molecule has 1 aromatic rings. The fraction of sp³-hybridized carbons (Fsp3) is 0.357. The number of nitrogens with one attached hydrogen (secondary N) is 1. The molecule has 1 saturated heterocycles. The molecule has 2 amide bonds. The minimum Gasteiger partial charge on any atom is -0.376 e. The van der Waals surface area contributed by atoms with Gasteiger partial charge in [0.15, 0.2) is 0 Å². The third kappa shape index (κ3) is 1.88. The summed E-state index contributed by atoms with van der Waals surface area (Å²) in [6.45, 7) is 5.42. The van der Waals surface area contributed by atoms with Crippen LogP contribution in [-0.4, -0.2) is 30.2 Å². The van der Waals surface area contributed by atoms with E-state index < -0.39 is 0 Å². The molecule has 2 aliphatic rings. The molecule has 1 atom stereocenters. The Labute approximate surface area is 106 Å². The number of fused-ring (bicyclic) bond motifs is 1. The minimum atomic E-state index is -0.116. The first-order valence-corrected chi connectivity index (χ1v) is 6.24.